The molecule has 1 aromatic heterocycles. The third kappa shape index (κ3) is 7.10. The molecule has 194 valence electrons. The lowest BCUT2D eigenvalue weighted by Crippen LogP contribution is -2.47. The minimum Gasteiger partial charge on any atom is -0.491 e. The van der Waals surface area contributed by atoms with E-state index in [1.54, 1.807) is 37.5 Å². The summed E-state index contributed by atoms with van der Waals surface area (Å²) >= 11 is 6.15. The van der Waals surface area contributed by atoms with E-state index in [2.05, 4.69) is 15.7 Å². The van der Waals surface area contributed by atoms with Crippen molar-refractivity contribution in [2.24, 2.45) is 7.05 Å². The minimum absolute atomic E-state index is 0.103. The molecule has 1 atom stereocenters. The molecule has 0 aliphatic carbocycles. The normalized spacial score (nSPS) is 17.5. The Morgan fingerprint density at radius 3 is 2.70 bits per heavy atom. The fraction of sp³-hybridized carbons (Fsp3) is 0.333. The van der Waals surface area contributed by atoms with Crippen molar-refractivity contribution < 1.29 is 19.1 Å². The SMILES string of the molecule is Cn1nccc1C(=O)N1CCCCNC(=O)c2cc(Cl)ccc2OC[C@@H](Cc2ccccc2)NC(=O)C1. The second-order valence-corrected chi connectivity index (χ2v) is 9.37. The van der Waals surface area contributed by atoms with Crippen LogP contribution in [-0.2, 0) is 18.3 Å². The van der Waals surface area contributed by atoms with Crippen molar-refractivity contribution >= 4 is 29.3 Å². The molecule has 0 unspecified atom stereocenters. The lowest BCUT2D eigenvalue weighted by Gasteiger charge is -2.25. The Hall–Kier alpha value is -3.85. The molecule has 0 fully saturated rings. The van der Waals surface area contributed by atoms with Crippen molar-refractivity contribution in [3.05, 3.63) is 82.6 Å². The molecule has 10 heteroatoms. The first-order chi connectivity index (χ1) is 17.9. The molecule has 0 radical (unpaired) electrons. The van der Waals surface area contributed by atoms with Crippen LogP contribution in [0.25, 0.3) is 0 Å². The van der Waals surface area contributed by atoms with Gasteiger partial charge < -0.3 is 20.3 Å². The predicted molar refractivity (Wildman–Crippen MR) is 140 cm³/mol. The van der Waals surface area contributed by atoms with E-state index in [0.717, 1.165) is 5.56 Å². The van der Waals surface area contributed by atoms with Crippen LogP contribution in [0, 0.1) is 0 Å². The first kappa shape index (κ1) is 26.2. The molecule has 3 amide bonds. The summed E-state index contributed by atoms with van der Waals surface area (Å²) in [5.74, 6) is -0.474. The summed E-state index contributed by atoms with van der Waals surface area (Å²) in [5.41, 5.74) is 1.75. The Labute approximate surface area is 220 Å². The Morgan fingerprint density at radius 2 is 1.95 bits per heavy atom. The molecule has 0 saturated carbocycles. The molecule has 0 bridgehead atoms. The number of hydrogen-bond donors (Lipinski definition) is 2. The Balaban J connectivity index is 1.58. The van der Waals surface area contributed by atoms with Gasteiger partial charge >= 0.3 is 0 Å². The quantitative estimate of drug-likeness (QED) is 0.549. The van der Waals surface area contributed by atoms with Gasteiger partial charge in [-0.25, -0.2) is 0 Å². The highest BCUT2D eigenvalue weighted by Gasteiger charge is 2.24. The van der Waals surface area contributed by atoms with E-state index in [0.29, 0.717) is 54.4 Å². The molecule has 0 spiro atoms. The number of fused-ring (bicyclic) bond motifs is 1. The van der Waals surface area contributed by atoms with E-state index < -0.39 is 6.04 Å². The molecule has 3 aromatic rings. The average Bonchev–Trinajstić information content (AvgIpc) is 3.32. The molecule has 2 heterocycles. The maximum absolute atomic E-state index is 13.2. The molecular formula is C27H30ClN5O4. The van der Waals surface area contributed by atoms with E-state index in [-0.39, 0.29) is 30.9 Å². The highest BCUT2D eigenvalue weighted by molar-refractivity contribution is 6.31. The summed E-state index contributed by atoms with van der Waals surface area (Å²) in [6.45, 7) is 0.781. The Morgan fingerprint density at radius 1 is 1.14 bits per heavy atom. The van der Waals surface area contributed by atoms with Crippen LogP contribution in [0.1, 0.15) is 39.3 Å². The maximum atomic E-state index is 13.2. The number of hydrogen-bond acceptors (Lipinski definition) is 5. The number of carbonyl (C=O) groups is 3. The van der Waals surface area contributed by atoms with Gasteiger partial charge in [0.25, 0.3) is 11.8 Å². The third-order valence-electron chi connectivity index (χ3n) is 6.12. The number of carbonyl (C=O) groups excluding carboxylic acids is 3. The second kappa shape index (κ2) is 12.4. The molecule has 9 nitrogen and oxygen atoms in total. The van der Waals surface area contributed by atoms with Gasteiger partial charge in [-0.3, -0.25) is 19.1 Å². The van der Waals surface area contributed by atoms with Crippen LogP contribution in [0.3, 0.4) is 0 Å². The van der Waals surface area contributed by atoms with Crippen LogP contribution < -0.4 is 15.4 Å². The number of benzene rings is 2. The van der Waals surface area contributed by atoms with Crippen molar-refractivity contribution in [1.29, 1.82) is 0 Å². The number of halogens is 1. The zero-order valence-electron chi connectivity index (χ0n) is 20.7. The lowest BCUT2D eigenvalue weighted by molar-refractivity contribution is -0.122. The minimum atomic E-state index is -0.403. The van der Waals surface area contributed by atoms with Gasteiger partial charge in [-0.1, -0.05) is 41.9 Å². The molecule has 1 aliphatic heterocycles. The smallest absolute Gasteiger partial charge is 0.272 e. The summed E-state index contributed by atoms with van der Waals surface area (Å²) in [6, 6.07) is 15.9. The summed E-state index contributed by atoms with van der Waals surface area (Å²) in [4.78, 5) is 40.8. The van der Waals surface area contributed by atoms with E-state index in [1.165, 1.54) is 9.58 Å². The molecule has 2 aromatic carbocycles. The largest absolute Gasteiger partial charge is 0.491 e. The van der Waals surface area contributed by atoms with E-state index in [9.17, 15) is 14.4 Å². The fourth-order valence-corrected chi connectivity index (χ4v) is 4.39. The van der Waals surface area contributed by atoms with Crippen LogP contribution in [0.4, 0.5) is 0 Å². The van der Waals surface area contributed by atoms with Crippen LogP contribution in [-0.4, -0.2) is 64.7 Å². The van der Waals surface area contributed by atoms with Gasteiger partial charge in [0, 0.05) is 31.4 Å². The number of amides is 3. The third-order valence-corrected chi connectivity index (χ3v) is 6.35. The summed E-state index contributed by atoms with van der Waals surface area (Å²) in [5, 5.41) is 10.4. The van der Waals surface area contributed by atoms with Crippen LogP contribution in [0.2, 0.25) is 5.02 Å². The lowest BCUT2D eigenvalue weighted by atomic mass is 10.1. The van der Waals surface area contributed by atoms with Crippen LogP contribution in [0.5, 0.6) is 5.75 Å². The van der Waals surface area contributed by atoms with Gasteiger partial charge in [-0.05, 0) is 49.1 Å². The molecule has 37 heavy (non-hydrogen) atoms. The van der Waals surface area contributed by atoms with Crippen molar-refractivity contribution in [1.82, 2.24) is 25.3 Å². The van der Waals surface area contributed by atoms with Gasteiger partial charge in [-0.15, -0.1) is 0 Å². The zero-order valence-corrected chi connectivity index (χ0v) is 21.4. The number of nitrogens with one attached hydrogen (secondary N) is 2. The van der Waals surface area contributed by atoms with Crippen LogP contribution >= 0.6 is 11.6 Å². The van der Waals surface area contributed by atoms with Gasteiger partial charge in [0.15, 0.2) is 0 Å². The molecule has 0 saturated heterocycles. The van der Waals surface area contributed by atoms with Crippen LogP contribution in [0.15, 0.2) is 60.8 Å². The molecular weight excluding hydrogens is 494 g/mol. The summed E-state index contributed by atoms with van der Waals surface area (Å²) in [7, 11) is 1.69. The Bertz CT molecular complexity index is 1250. The van der Waals surface area contributed by atoms with Crippen molar-refractivity contribution in [3.63, 3.8) is 0 Å². The van der Waals surface area contributed by atoms with Crippen molar-refractivity contribution in [2.45, 2.75) is 25.3 Å². The second-order valence-electron chi connectivity index (χ2n) is 8.94. The number of ether oxygens (including phenoxy) is 1. The van der Waals surface area contributed by atoms with Crippen molar-refractivity contribution in [2.75, 3.05) is 26.2 Å². The first-order valence-corrected chi connectivity index (χ1v) is 12.6. The highest BCUT2D eigenvalue weighted by Crippen LogP contribution is 2.23. The fourth-order valence-electron chi connectivity index (χ4n) is 4.22. The Kier molecular flexibility index (Phi) is 8.79. The van der Waals surface area contributed by atoms with Gasteiger partial charge in [-0.2, -0.15) is 5.10 Å². The molecule has 2 N–H and O–H groups in total. The number of rotatable bonds is 3. The number of aromatic nitrogens is 2. The van der Waals surface area contributed by atoms with Gasteiger partial charge in [0.2, 0.25) is 5.91 Å². The standard InChI is InChI=1S/C27H30ClN5O4/c1-32-23(11-13-30-32)27(36)33-14-6-5-12-29-26(35)22-16-20(28)9-10-24(22)37-18-21(31-25(34)17-33)15-19-7-3-2-4-8-19/h2-4,7-11,13,16,21H,5-6,12,14-15,17-18H2,1H3,(H,29,35)(H,31,34)/t21-/m1/s1. The predicted octanol–water partition coefficient (Wildman–Crippen LogP) is 2.85. The van der Waals surface area contributed by atoms with E-state index in [4.69, 9.17) is 16.3 Å². The summed E-state index contributed by atoms with van der Waals surface area (Å²) in [6.07, 6.45) is 3.28. The topological polar surface area (TPSA) is 106 Å². The van der Waals surface area contributed by atoms with Crippen molar-refractivity contribution in [3.8, 4) is 5.75 Å². The van der Waals surface area contributed by atoms with Gasteiger partial charge in [0.05, 0.1) is 18.2 Å². The molecule has 4 rings (SSSR count). The highest BCUT2D eigenvalue weighted by atomic mass is 35.5. The number of aryl methyl sites for hydroxylation is 1. The summed E-state index contributed by atoms with van der Waals surface area (Å²) < 4.78 is 7.54. The van der Waals surface area contributed by atoms with E-state index >= 15 is 0 Å². The average molecular weight is 524 g/mol. The van der Waals surface area contributed by atoms with Gasteiger partial charge in [0.1, 0.15) is 18.1 Å². The number of nitrogens with zero attached hydrogens (tertiary/aromatic N) is 3. The zero-order chi connectivity index (χ0) is 26.2. The van der Waals surface area contributed by atoms with E-state index in [1.807, 2.05) is 30.3 Å². The molecule has 1 aliphatic rings. The monoisotopic (exact) mass is 523 g/mol. The first-order valence-electron chi connectivity index (χ1n) is 12.2. The maximum Gasteiger partial charge on any atom is 0.272 e.